The zero-order chi connectivity index (χ0) is 20.2. The Balaban J connectivity index is 1.38. The van der Waals surface area contributed by atoms with Crippen LogP contribution in [0, 0.1) is 5.92 Å². The third-order valence-electron chi connectivity index (χ3n) is 6.20. The first kappa shape index (κ1) is 20.9. The van der Waals surface area contributed by atoms with Gasteiger partial charge < -0.3 is 19.3 Å². The third kappa shape index (κ3) is 4.69. The van der Waals surface area contributed by atoms with E-state index < -0.39 is 6.10 Å². The fraction of sp³-hybridized carbons (Fsp3) is 0.609. The van der Waals surface area contributed by atoms with Crippen LogP contribution in [0.25, 0.3) is 0 Å². The Hall–Kier alpha value is -1.40. The summed E-state index contributed by atoms with van der Waals surface area (Å²) in [5.41, 5.74) is 2.14. The van der Waals surface area contributed by atoms with Crippen molar-refractivity contribution in [1.82, 2.24) is 0 Å². The van der Waals surface area contributed by atoms with Crippen LogP contribution in [0.4, 0.5) is 0 Å². The summed E-state index contributed by atoms with van der Waals surface area (Å²) in [6, 6.07) is 3.92. The molecule has 0 radical (unpaired) electrons. The van der Waals surface area contributed by atoms with E-state index in [1.54, 1.807) is 0 Å². The number of carbonyl (C=O) groups is 1. The molecule has 5 atom stereocenters. The molecule has 1 N–H and O–H groups in total. The van der Waals surface area contributed by atoms with Crippen LogP contribution >= 0.6 is 11.6 Å². The lowest BCUT2D eigenvalue weighted by atomic mass is 9.87. The van der Waals surface area contributed by atoms with Gasteiger partial charge in [0, 0.05) is 29.7 Å². The van der Waals surface area contributed by atoms with Gasteiger partial charge in [-0.1, -0.05) is 17.7 Å². The largest absolute Gasteiger partial charge is 0.486 e. The van der Waals surface area contributed by atoms with Crippen LogP contribution in [0.1, 0.15) is 55.6 Å². The molecule has 1 saturated carbocycles. The summed E-state index contributed by atoms with van der Waals surface area (Å²) in [7, 11) is 0. The zero-order valence-electron chi connectivity index (χ0n) is 16.6. The summed E-state index contributed by atoms with van der Waals surface area (Å²) in [4.78, 5) is 10.7. The van der Waals surface area contributed by atoms with Crippen LogP contribution in [0.15, 0.2) is 24.3 Å². The molecule has 3 aliphatic rings. The highest BCUT2D eigenvalue weighted by Crippen LogP contribution is 2.52. The highest BCUT2D eigenvalue weighted by atomic mass is 35.5. The Bertz CT molecular complexity index is 743. The first-order valence-electron chi connectivity index (χ1n) is 10.7. The van der Waals surface area contributed by atoms with E-state index in [-0.39, 0.29) is 24.2 Å². The Morgan fingerprint density at radius 2 is 2.17 bits per heavy atom. The molecule has 5 nitrogen and oxygen atoms in total. The zero-order valence-corrected chi connectivity index (χ0v) is 17.4. The lowest BCUT2D eigenvalue weighted by molar-refractivity contribution is -0.162. The van der Waals surface area contributed by atoms with Gasteiger partial charge >= 0.3 is 0 Å². The molecule has 1 aromatic rings. The van der Waals surface area contributed by atoms with E-state index in [0.717, 1.165) is 61.9 Å². The predicted octanol–water partition coefficient (Wildman–Crippen LogP) is 4.19. The van der Waals surface area contributed by atoms with Crippen molar-refractivity contribution in [3.8, 4) is 5.75 Å². The molecule has 6 heteroatoms. The Morgan fingerprint density at radius 1 is 1.28 bits per heavy atom. The van der Waals surface area contributed by atoms with Gasteiger partial charge in [0.2, 0.25) is 0 Å². The van der Waals surface area contributed by atoms with Gasteiger partial charge in [-0.25, -0.2) is 0 Å². The Labute approximate surface area is 177 Å². The fourth-order valence-electron chi connectivity index (χ4n) is 4.85. The summed E-state index contributed by atoms with van der Waals surface area (Å²) in [6.45, 7) is 1.49. The number of rotatable bonds is 8. The van der Waals surface area contributed by atoms with Crippen molar-refractivity contribution in [3.05, 3.63) is 40.4 Å². The number of carbonyl (C=O) groups excluding carboxylic acids is 1. The number of aryl methyl sites for hydroxylation is 1. The highest BCUT2D eigenvalue weighted by Gasteiger charge is 2.49. The second-order valence-corrected chi connectivity index (χ2v) is 8.64. The van der Waals surface area contributed by atoms with Crippen molar-refractivity contribution in [3.63, 3.8) is 0 Å². The molecular formula is C23H29ClO5. The van der Waals surface area contributed by atoms with Crippen LogP contribution < -0.4 is 4.74 Å². The minimum absolute atomic E-state index is 0.0419. The Morgan fingerprint density at radius 3 is 2.97 bits per heavy atom. The molecule has 29 heavy (non-hydrogen) atoms. The number of benzene rings is 1. The quantitative estimate of drug-likeness (QED) is 0.388. The maximum atomic E-state index is 10.7. The first-order valence-corrected chi connectivity index (χ1v) is 11.1. The summed E-state index contributed by atoms with van der Waals surface area (Å²) in [6.07, 6.45) is 9.97. The minimum Gasteiger partial charge on any atom is -0.486 e. The number of hydrogen-bond donors (Lipinski definition) is 1. The van der Waals surface area contributed by atoms with E-state index in [1.165, 1.54) is 12.5 Å². The molecule has 2 heterocycles. The van der Waals surface area contributed by atoms with Crippen LogP contribution in [-0.2, 0) is 20.7 Å². The molecular weight excluding hydrogens is 392 g/mol. The maximum absolute atomic E-state index is 10.7. The molecule has 0 bridgehead atoms. The number of allylic oxidation sites excluding steroid dienone is 2. The maximum Gasteiger partial charge on any atom is 0.157 e. The van der Waals surface area contributed by atoms with Crippen molar-refractivity contribution in [1.29, 1.82) is 0 Å². The van der Waals surface area contributed by atoms with Crippen molar-refractivity contribution >= 4 is 17.9 Å². The average molecular weight is 421 g/mol. The molecule has 2 aliphatic heterocycles. The van der Waals surface area contributed by atoms with Crippen molar-refractivity contribution in [2.24, 2.45) is 5.92 Å². The van der Waals surface area contributed by atoms with Gasteiger partial charge in [-0.2, -0.15) is 0 Å². The van der Waals surface area contributed by atoms with Crippen LogP contribution in [-0.4, -0.2) is 43.1 Å². The number of aldehydes is 1. The topological polar surface area (TPSA) is 65.0 Å². The minimum atomic E-state index is -0.538. The molecule has 1 aromatic carbocycles. The van der Waals surface area contributed by atoms with Gasteiger partial charge in [0.05, 0.1) is 6.10 Å². The normalized spacial score (nSPS) is 30.9. The van der Waals surface area contributed by atoms with E-state index in [9.17, 15) is 9.90 Å². The predicted molar refractivity (Wildman–Crippen MR) is 110 cm³/mol. The second-order valence-electron chi connectivity index (χ2n) is 8.20. The van der Waals surface area contributed by atoms with Crippen molar-refractivity contribution in [2.45, 2.75) is 69.4 Å². The van der Waals surface area contributed by atoms with Crippen molar-refractivity contribution < 1.29 is 24.1 Å². The number of hydrogen-bond acceptors (Lipinski definition) is 5. The second kappa shape index (κ2) is 9.61. The summed E-state index contributed by atoms with van der Waals surface area (Å²) in [5, 5.41) is 11.2. The third-order valence-corrected chi connectivity index (χ3v) is 6.42. The number of aliphatic hydroxyl groups is 1. The monoisotopic (exact) mass is 420 g/mol. The summed E-state index contributed by atoms with van der Waals surface area (Å²) >= 11 is 6.42. The van der Waals surface area contributed by atoms with E-state index in [2.05, 4.69) is 0 Å². The van der Waals surface area contributed by atoms with Gasteiger partial charge in [-0.15, -0.1) is 0 Å². The lowest BCUT2D eigenvalue weighted by Gasteiger charge is -2.22. The molecule has 0 aromatic heterocycles. The number of ether oxygens (including phenoxy) is 3. The van der Waals surface area contributed by atoms with Crippen LogP contribution in [0.2, 0.25) is 5.02 Å². The smallest absolute Gasteiger partial charge is 0.157 e. The molecule has 0 amide bonds. The highest BCUT2D eigenvalue weighted by molar-refractivity contribution is 6.30. The van der Waals surface area contributed by atoms with Crippen LogP contribution in [0.5, 0.6) is 5.75 Å². The summed E-state index contributed by atoms with van der Waals surface area (Å²) < 4.78 is 17.6. The molecule has 2 fully saturated rings. The van der Waals surface area contributed by atoms with E-state index in [4.69, 9.17) is 25.8 Å². The van der Waals surface area contributed by atoms with Gasteiger partial charge in [0.25, 0.3) is 0 Å². The van der Waals surface area contributed by atoms with E-state index in [1.807, 2.05) is 18.2 Å². The van der Waals surface area contributed by atoms with E-state index >= 15 is 0 Å². The number of aliphatic hydroxyl groups excluding tert-OH is 1. The Kier molecular flexibility index (Phi) is 6.91. The van der Waals surface area contributed by atoms with Crippen molar-refractivity contribution in [2.75, 3.05) is 13.2 Å². The average Bonchev–Trinajstić information content (AvgIpc) is 3.25. The summed E-state index contributed by atoms with van der Waals surface area (Å²) in [5.74, 6) is 0.987. The fourth-order valence-corrected chi connectivity index (χ4v) is 5.10. The first-order chi connectivity index (χ1) is 14.2. The molecule has 1 aliphatic carbocycles. The molecule has 4 rings (SSSR count). The van der Waals surface area contributed by atoms with Crippen LogP contribution in [0.3, 0.4) is 0 Å². The SMILES string of the molecule is O=CC=CC1CC(O)[C@H]2Oc3c(CCCCOC4CCCCO4)cc(Cl)cc3[C@@H]12. The van der Waals surface area contributed by atoms with Gasteiger partial charge in [0.1, 0.15) is 18.1 Å². The number of halogens is 1. The molecule has 1 saturated heterocycles. The standard InChI is InChI=1S/C23H29ClO5/c24-17-12-16(6-1-3-10-27-20-8-2-4-11-28-20)22-18(14-17)21-15(7-5-9-25)13-19(26)23(21)29-22/h5,7,9,12,14-15,19-21,23,26H,1-4,6,8,10-11,13H2/t15?,19?,20?,21-,23-/m1/s1. The van der Waals surface area contributed by atoms with Gasteiger partial charge in [-0.05, 0) is 74.6 Å². The molecule has 3 unspecified atom stereocenters. The number of fused-ring (bicyclic) bond motifs is 3. The van der Waals surface area contributed by atoms with Gasteiger partial charge in [-0.3, -0.25) is 4.79 Å². The molecule has 158 valence electrons. The molecule has 0 spiro atoms. The van der Waals surface area contributed by atoms with E-state index in [0.29, 0.717) is 18.1 Å². The number of unbranched alkanes of at least 4 members (excludes halogenated alkanes) is 1. The van der Waals surface area contributed by atoms with Gasteiger partial charge in [0.15, 0.2) is 6.29 Å². The lowest BCUT2D eigenvalue weighted by Crippen LogP contribution is -2.26.